The van der Waals surface area contributed by atoms with Gasteiger partial charge in [-0.1, -0.05) is 24.3 Å². The van der Waals surface area contributed by atoms with Crippen LogP contribution in [-0.2, 0) is 16.0 Å². The molecule has 0 bridgehead atoms. The van der Waals surface area contributed by atoms with Gasteiger partial charge in [0.15, 0.2) is 0 Å². The molecule has 0 atom stereocenters. The molecule has 4 heteroatoms. The third kappa shape index (κ3) is 4.05. The van der Waals surface area contributed by atoms with Crippen molar-refractivity contribution in [1.82, 2.24) is 10.6 Å². The molecule has 2 N–H and O–H groups in total. The van der Waals surface area contributed by atoms with Crippen LogP contribution in [0.5, 0.6) is 0 Å². The zero-order valence-electron chi connectivity index (χ0n) is 13.1. The first kappa shape index (κ1) is 16.0. The standard InChI is InChI=1S/C17H26N2O2/c1-14-5-3-4-6-15(14)7-10-19-16(20)17(13-21-2)8-11-18-12-9-17/h3-6,18H,7-13H2,1-2H3,(H,19,20). The van der Waals surface area contributed by atoms with Crippen molar-refractivity contribution >= 4 is 5.91 Å². The van der Waals surface area contributed by atoms with E-state index in [4.69, 9.17) is 4.74 Å². The number of amides is 1. The lowest BCUT2D eigenvalue weighted by Gasteiger charge is -2.35. The van der Waals surface area contributed by atoms with Crippen molar-refractivity contribution in [2.24, 2.45) is 5.41 Å². The molecule has 0 aliphatic carbocycles. The van der Waals surface area contributed by atoms with Crippen LogP contribution >= 0.6 is 0 Å². The first-order valence-electron chi connectivity index (χ1n) is 7.70. The summed E-state index contributed by atoms with van der Waals surface area (Å²) in [5.41, 5.74) is 2.22. The summed E-state index contributed by atoms with van der Waals surface area (Å²) in [4.78, 5) is 12.6. The van der Waals surface area contributed by atoms with E-state index in [1.54, 1.807) is 7.11 Å². The molecule has 116 valence electrons. The Morgan fingerprint density at radius 2 is 2.05 bits per heavy atom. The molecule has 1 aliphatic rings. The Morgan fingerprint density at radius 3 is 2.71 bits per heavy atom. The third-order valence-corrected chi connectivity index (χ3v) is 4.40. The lowest BCUT2D eigenvalue weighted by molar-refractivity contribution is -0.136. The molecule has 1 heterocycles. The quantitative estimate of drug-likeness (QED) is 0.838. The number of hydrogen-bond acceptors (Lipinski definition) is 3. The van der Waals surface area contributed by atoms with Crippen molar-refractivity contribution in [1.29, 1.82) is 0 Å². The van der Waals surface area contributed by atoms with E-state index in [0.29, 0.717) is 13.2 Å². The molecule has 21 heavy (non-hydrogen) atoms. The van der Waals surface area contributed by atoms with Crippen molar-refractivity contribution in [3.8, 4) is 0 Å². The Balaban J connectivity index is 1.89. The number of carbonyl (C=O) groups is 1. The highest BCUT2D eigenvalue weighted by atomic mass is 16.5. The van der Waals surface area contributed by atoms with Crippen molar-refractivity contribution in [3.05, 3.63) is 35.4 Å². The smallest absolute Gasteiger partial charge is 0.228 e. The summed E-state index contributed by atoms with van der Waals surface area (Å²) >= 11 is 0. The van der Waals surface area contributed by atoms with Gasteiger partial charge in [0.05, 0.1) is 12.0 Å². The maximum atomic E-state index is 12.6. The molecule has 4 nitrogen and oxygen atoms in total. The number of hydrogen-bond donors (Lipinski definition) is 2. The molecule has 1 aromatic carbocycles. The van der Waals surface area contributed by atoms with E-state index in [0.717, 1.165) is 32.4 Å². The number of ether oxygens (including phenoxy) is 1. The van der Waals surface area contributed by atoms with Crippen molar-refractivity contribution < 1.29 is 9.53 Å². The molecule has 1 amide bonds. The number of methoxy groups -OCH3 is 1. The molecule has 0 unspecified atom stereocenters. The molecule has 0 aromatic heterocycles. The summed E-state index contributed by atoms with van der Waals surface area (Å²) in [7, 11) is 1.67. The van der Waals surface area contributed by atoms with Crippen LogP contribution in [0.1, 0.15) is 24.0 Å². The van der Waals surface area contributed by atoms with E-state index in [-0.39, 0.29) is 11.3 Å². The lowest BCUT2D eigenvalue weighted by Crippen LogP contribution is -2.50. The summed E-state index contributed by atoms with van der Waals surface area (Å²) in [6, 6.07) is 8.32. The number of benzene rings is 1. The van der Waals surface area contributed by atoms with E-state index < -0.39 is 0 Å². The van der Waals surface area contributed by atoms with Crippen LogP contribution in [0, 0.1) is 12.3 Å². The monoisotopic (exact) mass is 290 g/mol. The maximum Gasteiger partial charge on any atom is 0.228 e. The molecular formula is C17H26N2O2. The average molecular weight is 290 g/mol. The molecule has 0 saturated carbocycles. The predicted molar refractivity (Wildman–Crippen MR) is 84.3 cm³/mol. The van der Waals surface area contributed by atoms with Gasteiger partial charge in [0.1, 0.15) is 0 Å². The number of piperidine rings is 1. The van der Waals surface area contributed by atoms with Gasteiger partial charge < -0.3 is 15.4 Å². The Bertz CT molecular complexity index is 462. The molecule has 1 aliphatic heterocycles. The molecule has 1 saturated heterocycles. The van der Waals surface area contributed by atoms with Gasteiger partial charge in [0.2, 0.25) is 5.91 Å². The zero-order chi connectivity index (χ0) is 15.1. The van der Waals surface area contributed by atoms with Crippen LogP contribution < -0.4 is 10.6 Å². The Labute approximate surface area is 127 Å². The molecule has 0 radical (unpaired) electrons. The van der Waals surface area contributed by atoms with Crippen LogP contribution in [0.4, 0.5) is 0 Å². The predicted octanol–water partition coefficient (Wildman–Crippen LogP) is 1.67. The summed E-state index contributed by atoms with van der Waals surface area (Å²) < 4.78 is 5.30. The Morgan fingerprint density at radius 1 is 1.33 bits per heavy atom. The van der Waals surface area contributed by atoms with E-state index in [1.165, 1.54) is 11.1 Å². The second-order valence-electron chi connectivity index (χ2n) is 5.90. The van der Waals surface area contributed by atoms with Crippen LogP contribution in [0.25, 0.3) is 0 Å². The van der Waals surface area contributed by atoms with Gasteiger partial charge in [-0.05, 0) is 50.4 Å². The summed E-state index contributed by atoms with van der Waals surface area (Å²) in [5, 5.41) is 6.41. The first-order chi connectivity index (χ1) is 10.2. The number of aryl methyl sites for hydroxylation is 1. The minimum absolute atomic E-state index is 0.138. The first-order valence-corrected chi connectivity index (χ1v) is 7.70. The van der Waals surface area contributed by atoms with Crippen molar-refractivity contribution in [2.45, 2.75) is 26.2 Å². The normalized spacial score (nSPS) is 17.4. The van der Waals surface area contributed by atoms with Crippen LogP contribution in [0.3, 0.4) is 0 Å². The van der Waals surface area contributed by atoms with Crippen molar-refractivity contribution in [2.75, 3.05) is 33.4 Å². The van der Waals surface area contributed by atoms with Gasteiger partial charge in [0.25, 0.3) is 0 Å². The molecular weight excluding hydrogens is 264 g/mol. The number of carbonyl (C=O) groups excluding carboxylic acids is 1. The van der Waals surface area contributed by atoms with Gasteiger partial charge in [-0.15, -0.1) is 0 Å². The van der Waals surface area contributed by atoms with Gasteiger partial charge in [-0.25, -0.2) is 0 Å². The van der Waals surface area contributed by atoms with Crippen LogP contribution in [-0.4, -0.2) is 39.3 Å². The van der Waals surface area contributed by atoms with E-state index >= 15 is 0 Å². The minimum Gasteiger partial charge on any atom is -0.384 e. The highest BCUT2D eigenvalue weighted by molar-refractivity contribution is 5.83. The molecule has 0 spiro atoms. The molecule has 1 aromatic rings. The fourth-order valence-corrected chi connectivity index (χ4v) is 3.01. The zero-order valence-corrected chi connectivity index (χ0v) is 13.1. The molecule has 2 rings (SSSR count). The summed E-state index contributed by atoms with van der Waals surface area (Å²) in [6.07, 6.45) is 2.56. The second kappa shape index (κ2) is 7.57. The summed E-state index contributed by atoms with van der Waals surface area (Å²) in [5.74, 6) is 0.138. The lowest BCUT2D eigenvalue weighted by atomic mass is 9.78. The topological polar surface area (TPSA) is 50.4 Å². The van der Waals surface area contributed by atoms with Gasteiger partial charge >= 0.3 is 0 Å². The van der Waals surface area contributed by atoms with Gasteiger partial charge in [0, 0.05) is 13.7 Å². The summed E-state index contributed by atoms with van der Waals surface area (Å²) in [6.45, 7) is 5.06. The fraction of sp³-hybridized carbons (Fsp3) is 0.588. The van der Waals surface area contributed by atoms with E-state index in [1.807, 2.05) is 12.1 Å². The highest BCUT2D eigenvalue weighted by Crippen LogP contribution is 2.29. The number of nitrogens with one attached hydrogen (secondary N) is 2. The maximum absolute atomic E-state index is 12.6. The third-order valence-electron chi connectivity index (χ3n) is 4.40. The highest BCUT2D eigenvalue weighted by Gasteiger charge is 2.39. The molecule has 1 fully saturated rings. The van der Waals surface area contributed by atoms with Crippen LogP contribution in [0.15, 0.2) is 24.3 Å². The Kier molecular flexibility index (Phi) is 5.76. The van der Waals surface area contributed by atoms with Gasteiger partial charge in [-0.2, -0.15) is 0 Å². The van der Waals surface area contributed by atoms with E-state index in [2.05, 4.69) is 29.7 Å². The number of rotatable bonds is 6. The van der Waals surface area contributed by atoms with E-state index in [9.17, 15) is 4.79 Å². The second-order valence-corrected chi connectivity index (χ2v) is 5.90. The SMILES string of the molecule is COCC1(C(=O)NCCc2ccccc2C)CCNCC1. The fourth-order valence-electron chi connectivity index (χ4n) is 3.01. The Hall–Kier alpha value is -1.39. The van der Waals surface area contributed by atoms with Gasteiger partial charge in [-0.3, -0.25) is 4.79 Å². The van der Waals surface area contributed by atoms with Crippen LogP contribution in [0.2, 0.25) is 0 Å². The average Bonchev–Trinajstić information content (AvgIpc) is 2.50. The minimum atomic E-state index is -0.355. The van der Waals surface area contributed by atoms with Crippen molar-refractivity contribution in [3.63, 3.8) is 0 Å². The largest absolute Gasteiger partial charge is 0.384 e.